The summed E-state index contributed by atoms with van der Waals surface area (Å²) in [5.74, 6) is 0.643. The summed E-state index contributed by atoms with van der Waals surface area (Å²) in [4.78, 5) is 0. The Morgan fingerprint density at radius 1 is 0.208 bits per heavy atom. The van der Waals surface area contributed by atoms with Crippen molar-refractivity contribution in [1.29, 1.82) is 0 Å². The first-order valence-electron chi connectivity index (χ1n) is 35.4. The van der Waals surface area contributed by atoms with Crippen LogP contribution in [0.2, 0.25) is 0 Å². The normalized spacial score (nSPS) is 43.4. The molecular formula is C70H118O36. The van der Waals surface area contributed by atoms with Crippen molar-refractivity contribution in [3.05, 3.63) is 29.8 Å². The largest absolute Gasteiger partial charge is 0.497 e. The van der Waals surface area contributed by atoms with Crippen molar-refractivity contribution in [2.45, 2.75) is 222 Å². The van der Waals surface area contributed by atoms with Crippen LogP contribution in [0.5, 0.6) is 5.75 Å². The minimum atomic E-state index is -1.30. The summed E-state index contributed by atoms with van der Waals surface area (Å²) < 4.78 is 235. The Balaban J connectivity index is 1.16. The van der Waals surface area contributed by atoms with E-state index < -0.39 is 215 Å². The molecule has 21 saturated heterocycles. The average molecular weight is 1540 g/mol. The van der Waals surface area contributed by atoms with Gasteiger partial charge in [-0.3, -0.25) is 0 Å². The Kier molecular flexibility index (Phi) is 35.7. The zero-order valence-corrected chi connectivity index (χ0v) is 64.9. The molecule has 14 bridgehead atoms. The lowest BCUT2D eigenvalue weighted by Crippen LogP contribution is -2.69. The first kappa shape index (κ1) is 87.6. The molecule has 0 N–H and O–H groups in total. The average Bonchev–Trinajstić information content (AvgIpc) is 0.767. The Morgan fingerprint density at radius 2 is 0.377 bits per heavy atom. The SMILES string of the molecule is COC[C@H]1O[C@@H]2O[C@H]3[C@H](OC)[C@@H](OCc4ccc(OC)cc4)[C@@H](O[C@H]4[C@H](OC)[C@@H](OC)[C@@H](O[C@H]5[C@H](OC)[C@@H](OC)[C@@H](O[C@H]6[C@H](OC)[C@@H](OC)[C@@H](O[C@H]7[C@H](OC)[C@@H](OC)[C@@H](O[C@H]8[C@H](OC)[C@@H](OC)[C@@H](O[C@H]1[C@H](OC)[C@@H]2OC)O[C@@H]8COC)O[C@@H]7COC)O[C@@H]6COC)O[C@@H]5COC)O[C@@H]4COC)O[C@@H]3COC. The molecule has 0 unspecified atom stereocenters. The second-order valence-corrected chi connectivity index (χ2v) is 26.4. The molecule has 614 valence electrons. The monoisotopic (exact) mass is 1530 g/mol. The lowest BCUT2D eigenvalue weighted by Gasteiger charge is -2.52. The molecule has 22 rings (SSSR count). The predicted molar refractivity (Wildman–Crippen MR) is 360 cm³/mol. The van der Waals surface area contributed by atoms with E-state index in [4.69, 9.17) is 171 Å². The molecule has 0 radical (unpaired) electrons. The summed E-state index contributed by atoms with van der Waals surface area (Å²) in [7, 11) is 31.8. The van der Waals surface area contributed by atoms with E-state index in [0.29, 0.717) is 5.75 Å². The number of hydrogen-bond donors (Lipinski definition) is 0. The molecule has 0 aromatic heterocycles. The molecule has 21 fully saturated rings. The third-order valence-electron chi connectivity index (χ3n) is 20.6. The molecule has 0 spiro atoms. The number of methoxy groups -OCH3 is 21. The first-order chi connectivity index (χ1) is 51.6. The Morgan fingerprint density at radius 3 is 0.538 bits per heavy atom. The quantitative estimate of drug-likeness (QED) is 0.0950. The topological polar surface area (TPSA) is 332 Å². The Labute approximate surface area is 621 Å². The molecule has 1 aromatic carbocycles. The van der Waals surface area contributed by atoms with Crippen molar-refractivity contribution < 1.29 is 171 Å². The van der Waals surface area contributed by atoms with Gasteiger partial charge in [-0.05, 0) is 17.7 Å². The van der Waals surface area contributed by atoms with Crippen LogP contribution in [0, 0.1) is 0 Å². The van der Waals surface area contributed by atoms with E-state index in [1.54, 1.807) is 7.11 Å². The number of hydrogen-bond acceptors (Lipinski definition) is 36. The van der Waals surface area contributed by atoms with Crippen LogP contribution in [-0.2, 0) is 172 Å². The zero-order valence-electron chi connectivity index (χ0n) is 64.9. The van der Waals surface area contributed by atoms with Crippen molar-refractivity contribution in [2.75, 3.05) is 196 Å². The van der Waals surface area contributed by atoms with E-state index in [9.17, 15) is 0 Å². The summed E-state index contributed by atoms with van der Waals surface area (Å²) in [5, 5.41) is 0. The van der Waals surface area contributed by atoms with Gasteiger partial charge in [0.25, 0.3) is 0 Å². The van der Waals surface area contributed by atoms with Crippen molar-refractivity contribution in [3.8, 4) is 5.75 Å². The second-order valence-electron chi connectivity index (χ2n) is 26.4. The van der Waals surface area contributed by atoms with Crippen LogP contribution < -0.4 is 4.74 Å². The Bertz CT molecular complexity index is 2590. The molecule has 1 aromatic rings. The molecule has 36 heteroatoms. The predicted octanol–water partition coefficient (Wildman–Crippen LogP) is 0.0845. The van der Waals surface area contributed by atoms with Gasteiger partial charge in [-0.25, -0.2) is 0 Å². The minimum Gasteiger partial charge on any atom is -0.497 e. The maximum atomic E-state index is 7.24. The van der Waals surface area contributed by atoms with Crippen LogP contribution in [0.15, 0.2) is 24.3 Å². The highest BCUT2D eigenvalue weighted by molar-refractivity contribution is 5.26. The summed E-state index contributed by atoms with van der Waals surface area (Å²) in [6.07, 6.45) is -37.0. The highest BCUT2D eigenvalue weighted by Gasteiger charge is 2.62. The molecule has 0 saturated carbocycles. The summed E-state index contributed by atoms with van der Waals surface area (Å²) >= 11 is 0. The van der Waals surface area contributed by atoms with E-state index in [2.05, 4.69) is 0 Å². The lowest BCUT2D eigenvalue weighted by atomic mass is 9.94. The summed E-state index contributed by atoms with van der Waals surface area (Å²) in [5.41, 5.74) is 0.773. The fourth-order valence-electron chi connectivity index (χ4n) is 15.7. The van der Waals surface area contributed by atoms with Crippen molar-refractivity contribution in [2.24, 2.45) is 0 Å². The molecule has 36 nitrogen and oxygen atoms in total. The molecule has 0 amide bonds. The number of benzene rings is 1. The van der Waals surface area contributed by atoms with Gasteiger partial charge in [0.05, 0.1) is 60.0 Å². The maximum Gasteiger partial charge on any atom is 0.187 e. The van der Waals surface area contributed by atoms with Gasteiger partial charge in [-0.2, -0.15) is 0 Å². The molecule has 21 aliphatic heterocycles. The van der Waals surface area contributed by atoms with Gasteiger partial charge in [-0.1, -0.05) is 12.1 Å². The van der Waals surface area contributed by atoms with Gasteiger partial charge in [0.1, 0.15) is 177 Å². The van der Waals surface area contributed by atoms with E-state index in [1.807, 2.05) is 24.3 Å². The van der Waals surface area contributed by atoms with Crippen LogP contribution in [0.25, 0.3) is 0 Å². The first-order valence-corrected chi connectivity index (χ1v) is 35.4. The van der Waals surface area contributed by atoms with E-state index in [1.165, 1.54) is 142 Å². The van der Waals surface area contributed by atoms with E-state index in [-0.39, 0.29) is 52.9 Å². The van der Waals surface area contributed by atoms with Crippen molar-refractivity contribution in [3.63, 3.8) is 0 Å². The van der Waals surface area contributed by atoms with Crippen LogP contribution >= 0.6 is 0 Å². The van der Waals surface area contributed by atoms with Gasteiger partial charge in [0.2, 0.25) is 0 Å². The van der Waals surface area contributed by atoms with Crippen LogP contribution in [-0.4, -0.2) is 410 Å². The molecule has 106 heavy (non-hydrogen) atoms. The highest BCUT2D eigenvalue weighted by atomic mass is 16.8. The highest BCUT2D eigenvalue weighted by Crippen LogP contribution is 2.43. The van der Waals surface area contributed by atoms with E-state index >= 15 is 0 Å². The molecule has 0 aliphatic carbocycles. The fourth-order valence-corrected chi connectivity index (χ4v) is 15.7. The maximum absolute atomic E-state index is 7.24. The molecular weight excluding hydrogens is 1420 g/mol. The summed E-state index contributed by atoms with van der Waals surface area (Å²) in [6, 6.07) is 7.40. The number of rotatable bonds is 31. The summed E-state index contributed by atoms with van der Waals surface area (Å²) in [6.45, 7) is -0.370. The van der Waals surface area contributed by atoms with Crippen LogP contribution in [0.4, 0.5) is 0 Å². The molecule has 21 heterocycles. The second kappa shape index (κ2) is 43.2. The van der Waals surface area contributed by atoms with E-state index in [0.717, 1.165) is 5.56 Å². The minimum absolute atomic E-state index is 0.0202. The van der Waals surface area contributed by atoms with Crippen molar-refractivity contribution in [1.82, 2.24) is 0 Å². The smallest absolute Gasteiger partial charge is 0.187 e. The molecule has 35 atom stereocenters. The van der Waals surface area contributed by atoms with Gasteiger partial charge in [0, 0.05) is 142 Å². The number of ether oxygens (including phenoxy) is 36. The van der Waals surface area contributed by atoms with Gasteiger partial charge in [0.15, 0.2) is 44.0 Å². The Hall–Kier alpha value is -2.38. The van der Waals surface area contributed by atoms with Crippen molar-refractivity contribution >= 4 is 0 Å². The van der Waals surface area contributed by atoms with Crippen LogP contribution in [0.3, 0.4) is 0 Å². The van der Waals surface area contributed by atoms with Gasteiger partial charge >= 0.3 is 0 Å². The van der Waals surface area contributed by atoms with Gasteiger partial charge < -0.3 is 171 Å². The fraction of sp³-hybridized carbons (Fsp3) is 0.914. The standard InChI is InChI=1S/C70H118O36/c1-71-27-36-43-50(79-9)57(86-16)65(93-36)101-45-38(29-73-3)95-67(59(88-18)52(45)81-11)103-47-40(31-75-5)97-69(61(90-20)54(47)83-13)105-49-42(33-77-7)99-70(63(56(49)85-15)92-26-34-22-24-35(78-8)25-23-34)106-48-41(32-76-6)98-68(62(91-21)55(48)84-14)104-46-39(30-74-4)96-66(60(89-19)53(46)82-12)102-44-37(28-72-2)94-64(100-43)58(87-17)51(44)80-10/h22-25,36-70H,26-33H2,1-21H3/t36-,37-,38-,39-,40-,41-,42-,43-,44-,45-,46-,47-,48-,49-,50+,51+,52+,53+,54+,55+,56+,57-,58-,59-,60-,61+,62-,63-,64-,65-,66-,67-,68-,69-,70-/m1/s1. The zero-order chi connectivity index (χ0) is 76.3. The lowest BCUT2D eigenvalue weighted by molar-refractivity contribution is -0.403. The van der Waals surface area contributed by atoms with Gasteiger partial charge in [-0.15, -0.1) is 0 Å². The third kappa shape index (κ3) is 19.5. The molecule has 21 aliphatic rings. The third-order valence-corrected chi connectivity index (χ3v) is 20.6. The van der Waals surface area contributed by atoms with Crippen LogP contribution in [0.1, 0.15) is 5.56 Å².